The first-order valence-corrected chi connectivity index (χ1v) is 3.26. The molecular weight excluding hydrogens is 146 g/mol. The van der Waals surface area contributed by atoms with Gasteiger partial charge in [-0.15, -0.1) is 0 Å². The average molecular weight is 159 g/mol. The van der Waals surface area contributed by atoms with Gasteiger partial charge in [-0.2, -0.15) is 0 Å². The van der Waals surface area contributed by atoms with Crippen LogP contribution < -0.4 is 5.73 Å². The van der Waals surface area contributed by atoms with Crippen molar-refractivity contribution >= 4 is 5.97 Å². The van der Waals surface area contributed by atoms with Crippen molar-refractivity contribution in [1.29, 1.82) is 0 Å². The first-order valence-electron chi connectivity index (χ1n) is 3.26. The van der Waals surface area contributed by atoms with E-state index in [0.29, 0.717) is 12.3 Å². The van der Waals surface area contributed by atoms with Gasteiger partial charge in [-0.1, -0.05) is 0 Å². The Hall–Kier alpha value is -1.03. The number of esters is 1. The molecule has 0 spiro atoms. The van der Waals surface area contributed by atoms with E-state index in [4.69, 9.17) is 5.73 Å². The monoisotopic (exact) mass is 159 g/mol. The summed E-state index contributed by atoms with van der Waals surface area (Å²) >= 11 is 0. The summed E-state index contributed by atoms with van der Waals surface area (Å²) in [6, 6.07) is 0. The molecule has 0 amide bonds. The van der Waals surface area contributed by atoms with Gasteiger partial charge < -0.3 is 15.2 Å². The standard InChI is InChI=1S/C7H13NO3/c1-6(8)5-7(9)11-4-3-10-2/h5H,3-4,8H2,1-2H3/b6-5+. The molecule has 0 fully saturated rings. The van der Waals surface area contributed by atoms with Crippen LogP contribution >= 0.6 is 0 Å². The third-order valence-electron chi connectivity index (χ3n) is 0.877. The Balaban J connectivity index is 3.46. The van der Waals surface area contributed by atoms with Crippen molar-refractivity contribution in [2.45, 2.75) is 6.92 Å². The molecule has 0 rings (SSSR count). The fourth-order valence-electron chi connectivity index (χ4n) is 0.453. The fraction of sp³-hybridized carbons (Fsp3) is 0.571. The lowest BCUT2D eigenvalue weighted by atomic mass is 10.4. The van der Waals surface area contributed by atoms with Crippen LogP contribution in [0.25, 0.3) is 0 Å². The minimum Gasteiger partial charge on any atom is -0.460 e. The molecule has 0 aliphatic carbocycles. The molecule has 0 aliphatic heterocycles. The largest absolute Gasteiger partial charge is 0.460 e. The lowest BCUT2D eigenvalue weighted by Crippen LogP contribution is -2.08. The van der Waals surface area contributed by atoms with Gasteiger partial charge in [-0.25, -0.2) is 4.79 Å². The molecule has 4 nitrogen and oxygen atoms in total. The second kappa shape index (κ2) is 5.73. The van der Waals surface area contributed by atoms with E-state index < -0.39 is 5.97 Å². The van der Waals surface area contributed by atoms with E-state index in [2.05, 4.69) is 9.47 Å². The van der Waals surface area contributed by atoms with Gasteiger partial charge in [0.15, 0.2) is 0 Å². The average Bonchev–Trinajstić information content (AvgIpc) is 1.86. The maximum absolute atomic E-state index is 10.7. The highest BCUT2D eigenvalue weighted by Crippen LogP contribution is 1.85. The zero-order valence-electron chi connectivity index (χ0n) is 6.79. The maximum atomic E-state index is 10.7. The second-order valence-corrected chi connectivity index (χ2v) is 2.05. The number of allylic oxidation sites excluding steroid dienone is 1. The van der Waals surface area contributed by atoms with E-state index in [1.165, 1.54) is 13.2 Å². The molecule has 64 valence electrons. The molecular formula is C7H13NO3. The third-order valence-corrected chi connectivity index (χ3v) is 0.877. The summed E-state index contributed by atoms with van der Waals surface area (Å²) in [5.41, 5.74) is 5.66. The molecule has 0 bridgehead atoms. The van der Waals surface area contributed by atoms with Gasteiger partial charge in [0, 0.05) is 18.9 Å². The molecule has 0 saturated carbocycles. The lowest BCUT2D eigenvalue weighted by molar-refractivity contribution is -0.139. The van der Waals surface area contributed by atoms with Crippen LogP contribution in [-0.4, -0.2) is 26.3 Å². The zero-order chi connectivity index (χ0) is 8.69. The van der Waals surface area contributed by atoms with E-state index >= 15 is 0 Å². The fourth-order valence-corrected chi connectivity index (χ4v) is 0.453. The van der Waals surface area contributed by atoms with Crippen LogP contribution in [0.4, 0.5) is 0 Å². The third kappa shape index (κ3) is 6.86. The molecule has 4 heteroatoms. The Kier molecular flexibility index (Phi) is 5.20. The van der Waals surface area contributed by atoms with Crippen molar-refractivity contribution in [2.24, 2.45) is 5.73 Å². The van der Waals surface area contributed by atoms with E-state index in [1.807, 2.05) is 0 Å². The van der Waals surface area contributed by atoms with Crippen molar-refractivity contribution in [3.8, 4) is 0 Å². The number of hydrogen-bond acceptors (Lipinski definition) is 4. The normalized spacial score (nSPS) is 11.3. The Morgan fingerprint density at radius 1 is 1.55 bits per heavy atom. The van der Waals surface area contributed by atoms with E-state index in [9.17, 15) is 4.79 Å². The Morgan fingerprint density at radius 2 is 2.18 bits per heavy atom. The zero-order valence-corrected chi connectivity index (χ0v) is 6.79. The van der Waals surface area contributed by atoms with Crippen LogP contribution in [0.15, 0.2) is 11.8 Å². The molecule has 0 unspecified atom stereocenters. The second-order valence-electron chi connectivity index (χ2n) is 2.05. The number of ether oxygens (including phenoxy) is 2. The van der Waals surface area contributed by atoms with E-state index in [-0.39, 0.29) is 6.61 Å². The Labute approximate surface area is 66.0 Å². The molecule has 0 heterocycles. The van der Waals surface area contributed by atoms with E-state index in [0.717, 1.165) is 0 Å². The molecule has 0 aromatic heterocycles. The topological polar surface area (TPSA) is 61.5 Å². The minimum atomic E-state index is -0.429. The van der Waals surface area contributed by atoms with Gasteiger partial charge in [0.05, 0.1) is 6.61 Å². The maximum Gasteiger partial charge on any atom is 0.332 e. The Morgan fingerprint density at radius 3 is 2.64 bits per heavy atom. The summed E-state index contributed by atoms with van der Waals surface area (Å²) in [6.45, 7) is 2.29. The Bertz CT molecular complexity index is 150. The highest BCUT2D eigenvalue weighted by Gasteiger charge is 1.95. The summed E-state index contributed by atoms with van der Waals surface area (Å²) in [7, 11) is 1.54. The summed E-state index contributed by atoms with van der Waals surface area (Å²) < 4.78 is 9.34. The van der Waals surface area contributed by atoms with Crippen LogP contribution in [0.2, 0.25) is 0 Å². The first-order chi connectivity index (χ1) is 5.16. The van der Waals surface area contributed by atoms with Crippen molar-refractivity contribution < 1.29 is 14.3 Å². The molecule has 0 aromatic rings. The SMILES string of the molecule is COCCOC(=O)/C=C(\C)N. The number of carbonyl (C=O) groups is 1. The molecule has 2 N–H and O–H groups in total. The van der Waals surface area contributed by atoms with Gasteiger partial charge in [0.25, 0.3) is 0 Å². The van der Waals surface area contributed by atoms with Crippen molar-refractivity contribution in [3.63, 3.8) is 0 Å². The molecule has 0 aromatic carbocycles. The molecule has 0 radical (unpaired) electrons. The number of hydrogen-bond donors (Lipinski definition) is 1. The minimum absolute atomic E-state index is 0.263. The quantitative estimate of drug-likeness (QED) is 0.357. The number of nitrogens with two attached hydrogens (primary N) is 1. The summed E-state index contributed by atoms with van der Waals surface area (Å²) in [4.78, 5) is 10.7. The lowest BCUT2D eigenvalue weighted by Gasteiger charge is -1.99. The van der Waals surface area contributed by atoms with Gasteiger partial charge in [-0.05, 0) is 6.92 Å². The van der Waals surface area contributed by atoms with Crippen LogP contribution in [0, 0.1) is 0 Å². The predicted molar refractivity (Wildman–Crippen MR) is 40.8 cm³/mol. The molecule has 0 atom stereocenters. The van der Waals surface area contributed by atoms with Crippen LogP contribution in [0.3, 0.4) is 0 Å². The molecule has 0 aliphatic rings. The molecule has 11 heavy (non-hydrogen) atoms. The van der Waals surface area contributed by atoms with Crippen LogP contribution in [0.5, 0.6) is 0 Å². The van der Waals surface area contributed by atoms with Crippen molar-refractivity contribution in [2.75, 3.05) is 20.3 Å². The van der Waals surface area contributed by atoms with Gasteiger partial charge in [0.2, 0.25) is 0 Å². The number of methoxy groups -OCH3 is 1. The summed E-state index contributed by atoms with van der Waals surface area (Å²) in [6.07, 6.45) is 1.23. The van der Waals surface area contributed by atoms with Crippen molar-refractivity contribution in [1.82, 2.24) is 0 Å². The highest BCUT2D eigenvalue weighted by molar-refractivity contribution is 5.82. The highest BCUT2D eigenvalue weighted by atomic mass is 16.6. The first kappa shape index (κ1) is 9.97. The van der Waals surface area contributed by atoms with Crippen LogP contribution in [-0.2, 0) is 14.3 Å². The van der Waals surface area contributed by atoms with Crippen molar-refractivity contribution in [3.05, 3.63) is 11.8 Å². The smallest absolute Gasteiger partial charge is 0.332 e. The van der Waals surface area contributed by atoms with Gasteiger partial charge in [-0.3, -0.25) is 0 Å². The number of rotatable bonds is 4. The molecule has 0 saturated heterocycles. The summed E-state index contributed by atoms with van der Waals surface area (Å²) in [5.74, 6) is -0.429. The van der Waals surface area contributed by atoms with Gasteiger partial charge >= 0.3 is 5.97 Å². The summed E-state index contributed by atoms with van der Waals surface area (Å²) in [5, 5.41) is 0. The number of carbonyl (C=O) groups excluding carboxylic acids is 1. The van der Waals surface area contributed by atoms with E-state index in [1.54, 1.807) is 6.92 Å². The van der Waals surface area contributed by atoms with Gasteiger partial charge in [0.1, 0.15) is 6.61 Å². The predicted octanol–water partition coefficient (Wildman–Crippen LogP) is 0.0385. The van der Waals surface area contributed by atoms with Crippen LogP contribution in [0.1, 0.15) is 6.92 Å².